The topological polar surface area (TPSA) is 121 Å². The maximum Gasteiger partial charge on any atom is 0.277 e. The van der Waals surface area contributed by atoms with Crippen LogP contribution in [0.2, 0.25) is 0 Å². The molecule has 1 N–H and O–H groups in total. The Morgan fingerprint density at radius 1 is 0.556 bits per heavy atom. The molecule has 7 aromatic rings. The molecule has 0 radical (unpaired) electrons. The van der Waals surface area contributed by atoms with Gasteiger partial charge in [-0.15, -0.1) is 0 Å². The van der Waals surface area contributed by atoms with Gasteiger partial charge in [-0.05, 0) is 50.7 Å². The van der Waals surface area contributed by atoms with Gasteiger partial charge >= 0.3 is 0 Å². The Labute approximate surface area is 373 Å². The molecule has 0 spiro atoms. The number of rotatable bonds is 9. The zero-order valence-corrected chi connectivity index (χ0v) is 36.5. The number of pyridine rings is 2. The van der Waals surface area contributed by atoms with E-state index in [1.165, 1.54) is 4.90 Å². The molecular formula is C50H45BrN6O6. The third-order valence-electron chi connectivity index (χ3n) is 11.1. The number of aromatic hydroxyl groups is 1. The second kappa shape index (κ2) is 18.3. The fourth-order valence-electron chi connectivity index (χ4n) is 8.01. The first-order valence-electron chi connectivity index (χ1n) is 20.3. The molecule has 13 heteroatoms. The van der Waals surface area contributed by atoms with Crippen molar-refractivity contribution in [1.82, 2.24) is 19.2 Å². The summed E-state index contributed by atoms with van der Waals surface area (Å²) in [4.78, 5) is 54.6. The van der Waals surface area contributed by atoms with E-state index in [2.05, 4.69) is 45.2 Å². The molecule has 0 unspecified atom stereocenters. The Hall–Kier alpha value is -7.38. The molecule has 2 amide bonds. The lowest BCUT2D eigenvalue weighted by Gasteiger charge is -2.43. The van der Waals surface area contributed by atoms with Gasteiger partial charge in [0.2, 0.25) is 10.9 Å². The van der Waals surface area contributed by atoms with E-state index >= 15 is 0 Å². The lowest BCUT2D eigenvalue weighted by molar-refractivity contribution is 0.0717. The van der Waals surface area contributed by atoms with Crippen LogP contribution in [0.3, 0.4) is 0 Å². The summed E-state index contributed by atoms with van der Waals surface area (Å²) in [5.41, 5.74) is 4.81. The summed E-state index contributed by atoms with van der Waals surface area (Å²) in [7, 11) is 3.40. The molecule has 5 aromatic carbocycles. The van der Waals surface area contributed by atoms with Crippen molar-refractivity contribution in [2.75, 3.05) is 37.5 Å². The number of benzene rings is 5. The number of aromatic nitrogens is 2. The smallest absolute Gasteiger partial charge is 0.277 e. The van der Waals surface area contributed by atoms with Crippen LogP contribution in [-0.2, 0) is 6.61 Å². The summed E-state index contributed by atoms with van der Waals surface area (Å²) < 4.78 is 9.74. The quantitative estimate of drug-likeness (QED) is 0.158. The summed E-state index contributed by atoms with van der Waals surface area (Å²) in [5.74, 6) is -1.13. The predicted octanol–water partition coefficient (Wildman–Crippen LogP) is 7.59. The van der Waals surface area contributed by atoms with E-state index in [4.69, 9.17) is 4.74 Å². The van der Waals surface area contributed by atoms with Crippen LogP contribution in [0.15, 0.2) is 178 Å². The van der Waals surface area contributed by atoms with Crippen molar-refractivity contribution < 1.29 is 19.4 Å². The van der Waals surface area contributed by atoms with Crippen molar-refractivity contribution in [3.05, 3.63) is 234 Å². The number of aryl methyl sites for hydroxylation is 1. The molecule has 4 heterocycles. The molecule has 12 nitrogen and oxygen atoms in total. The summed E-state index contributed by atoms with van der Waals surface area (Å²) in [6, 6.07) is 49.3. The second-order valence-electron chi connectivity index (χ2n) is 15.4. The van der Waals surface area contributed by atoms with Crippen molar-refractivity contribution >= 4 is 27.7 Å². The van der Waals surface area contributed by atoms with Crippen LogP contribution in [0.5, 0.6) is 11.5 Å². The highest BCUT2D eigenvalue weighted by atomic mass is 79.9. The molecule has 0 fully saturated rings. The van der Waals surface area contributed by atoms with Crippen molar-refractivity contribution in [2.45, 2.75) is 25.6 Å². The number of carbonyl (C=O) groups is 2. The summed E-state index contributed by atoms with van der Waals surface area (Å²) in [6.45, 7) is 2.45. The highest BCUT2D eigenvalue weighted by molar-refractivity contribution is 9.10. The van der Waals surface area contributed by atoms with Gasteiger partial charge in [-0.3, -0.25) is 38.5 Å². The molecule has 0 aliphatic carbocycles. The van der Waals surface area contributed by atoms with Crippen molar-refractivity contribution in [1.29, 1.82) is 0 Å². The van der Waals surface area contributed by atoms with Gasteiger partial charge < -0.3 is 19.6 Å². The molecule has 9 rings (SSSR count). The largest absolute Gasteiger partial charge is 0.502 e. The van der Waals surface area contributed by atoms with E-state index in [9.17, 15) is 24.3 Å². The van der Waals surface area contributed by atoms with Crippen LogP contribution in [0.25, 0.3) is 0 Å². The first-order chi connectivity index (χ1) is 30.5. The van der Waals surface area contributed by atoms with E-state index in [0.717, 1.165) is 27.8 Å². The van der Waals surface area contributed by atoms with Gasteiger partial charge in [-0.2, -0.15) is 0 Å². The van der Waals surface area contributed by atoms with Gasteiger partial charge in [0.1, 0.15) is 19.9 Å². The van der Waals surface area contributed by atoms with E-state index < -0.39 is 11.2 Å². The van der Waals surface area contributed by atoms with Crippen LogP contribution in [0, 0.1) is 6.92 Å². The van der Waals surface area contributed by atoms with Crippen molar-refractivity contribution in [3.63, 3.8) is 0 Å². The van der Waals surface area contributed by atoms with E-state index in [0.29, 0.717) is 23.4 Å². The highest BCUT2D eigenvalue weighted by Crippen LogP contribution is 2.34. The zero-order valence-electron chi connectivity index (χ0n) is 34.9. The third-order valence-corrected chi connectivity index (χ3v) is 11.7. The van der Waals surface area contributed by atoms with Crippen LogP contribution in [0.4, 0.5) is 0 Å². The molecule has 318 valence electrons. The van der Waals surface area contributed by atoms with E-state index in [1.807, 2.05) is 132 Å². The van der Waals surface area contributed by atoms with Gasteiger partial charge in [-0.25, -0.2) is 0 Å². The number of fused-ring (bicyclic) bond motifs is 2. The number of hydrogen-bond donors (Lipinski definition) is 1. The number of amides is 2. The number of nitrogens with zero attached hydrogens (tertiary/aromatic N) is 6. The minimum atomic E-state index is -0.522. The Morgan fingerprint density at radius 2 is 0.937 bits per heavy atom. The van der Waals surface area contributed by atoms with Gasteiger partial charge in [0.25, 0.3) is 11.8 Å². The SMILES string of the molecule is CN1CN(C(c2ccccc2)c2ccccc2)n2cc(Br)c(=O)c(OCc3ccccc3)c2C1=O.Cc1cn2c(c(O)c1=O)C(=O)N(C)CN2C(c1ccccc1)c1ccccc1. The third kappa shape index (κ3) is 8.47. The number of hydrogen-bond acceptors (Lipinski definition) is 8. The maximum absolute atomic E-state index is 13.4. The first kappa shape index (κ1) is 42.3. The molecule has 2 aromatic heterocycles. The molecule has 0 saturated carbocycles. The highest BCUT2D eigenvalue weighted by Gasteiger charge is 2.37. The normalized spacial score (nSPS) is 13.4. The summed E-state index contributed by atoms with van der Waals surface area (Å²) in [5, 5.41) is 14.5. The summed E-state index contributed by atoms with van der Waals surface area (Å²) in [6.07, 6.45) is 3.29. The molecule has 2 aliphatic rings. The average Bonchev–Trinajstić information content (AvgIpc) is 3.31. The van der Waals surface area contributed by atoms with Gasteiger partial charge in [0, 0.05) is 32.1 Å². The van der Waals surface area contributed by atoms with Crippen molar-refractivity contribution in [2.24, 2.45) is 0 Å². The van der Waals surface area contributed by atoms with Gasteiger partial charge in [-0.1, -0.05) is 152 Å². The zero-order chi connectivity index (χ0) is 44.2. The van der Waals surface area contributed by atoms with Crippen molar-refractivity contribution in [3.8, 4) is 11.5 Å². The Kier molecular flexibility index (Phi) is 12.3. The molecule has 0 bridgehead atoms. The van der Waals surface area contributed by atoms with Gasteiger partial charge in [0.15, 0.2) is 22.9 Å². The monoisotopic (exact) mass is 904 g/mol. The lowest BCUT2D eigenvalue weighted by atomic mass is 9.98. The second-order valence-corrected chi connectivity index (χ2v) is 16.3. The Bertz CT molecular complexity index is 2780. The number of halogens is 1. The van der Waals surface area contributed by atoms with Crippen LogP contribution >= 0.6 is 15.9 Å². The minimum Gasteiger partial charge on any atom is -0.502 e. The average molecular weight is 906 g/mol. The molecular weight excluding hydrogens is 860 g/mol. The van der Waals surface area contributed by atoms with E-state index in [-0.39, 0.29) is 53.1 Å². The Balaban J connectivity index is 0.000000177. The fourth-order valence-corrected chi connectivity index (χ4v) is 8.38. The van der Waals surface area contributed by atoms with Crippen LogP contribution < -0.4 is 25.6 Å². The molecule has 2 aliphatic heterocycles. The number of ether oxygens (including phenoxy) is 1. The molecule has 0 atom stereocenters. The predicted molar refractivity (Wildman–Crippen MR) is 246 cm³/mol. The van der Waals surface area contributed by atoms with Crippen LogP contribution in [-0.4, -0.2) is 63.5 Å². The van der Waals surface area contributed by atoms with Crippen LogP contribution in [0.1, 0.15) is 66.4 Å². The Morgan fingerprint density at radius 3 is 1.37 bits per heavy atom. The molecule has 63 heavy (non-hydrogen) atoms. The first-order valence-corrected chi connectivity index (χ1v) is 21.1. The fraction of sp³-hybridized carbons (Fsp3) is 0.160. The molecule has 0 saturated heterocycles. The number of carbonyl (C=O) groups excluding carboxylic acids is 2. The summed E-state index contributed by atoms with van der Waals surface area (Å²) >= 11 is 3.41. The minimum absolute atomic E-state index is 0.0128. The lowest BCUT2D eigenvalue weighted by Crippen LogP contribution is -2.54. The maximum atomic E-state index is 13.4. The van der Waals surface area contributed by atoms with E-state index in [1.54, 1.807) is 47.7 Å². The standard InChI is InChI=1S/C28H24BrN3O3.C22H21N3O3/c1-30-19-32(24(21-13-7-3-8-14-21)22-15-9-4-10-16-22)31-17-23(29)26(33)27(25(31)28(30)34)35-18-20-11-5-2-6-12-20;1-15-13-24-19(21(27)20(15)26)22(28)23(2)14-25(24)18(16-9-5-3-6-10-16)17-11-7-4-8-12-17/h2-17,24H,18-19H2,1H3;3-13,18,27H,14H2,1-2H3. The van der Waals surface area contributed by atoms with Gasteiger partial charge in [0.05, 0.1) is 16.6 Å².